The van der Waals surface area contributed by atoms with E-state index in [-0.39, 0.29) is 36.8 Å². The summed E-state index contributed by atoms with van der Waals surface area (Å²) < 4.78 is 5.29. The van der Waals surface area contributed by atoms with Crippen LogP contribution in [0.3, 0.4) is 0 Å². The van der Waals surface area contributed by atoms with Gasteiger partial charge < -0.3 is 20.3 Å². The molecule has 2 unspecified atom stereocenters. The first-order valence-corrected chi connectivity index (χ1v) is 8.60. The highest BCUT2D eigenvalue weighted by Gasteiger charge is 2.30. The van der Waals surface area contributed by atoms with E-state index in [1.54, 1.807) is 7.11 Å². The van der Waals surface area contributed by atoms with Crippen LogP contribution in [0.2, 0.25) is 0 Å². The average Bonchev–Trinajstić information content (AvgIpc) is 2.61. The van der Waals surface area contributed by atoms with E-state index in [4.69, 9.17) is 10.5 Å². The van der Waals surface area contributed by atoms with Crippen molar-refractivity contribution in [2.75, 3.05) is 38.2 Å². The van der Waals surface area contributed by atoms with Crippen LogP contribution in [0.25, 0.3) is 0 Å². The fourth-order valence-electron chi connectivity index (χ4n) is 3.70. The summed E-state index contributed by atoms with van der Waals surface area (Å²) in [6, 6.07) is 8.32. The van der Waals surface area contributed by atoms with Crippen LogP contribution in [0.1, 0.15) is 25.7 Å². The molecule has 2 aliphatic rings. The number of halogens is 2. The van der Waals surface area contributed by atoms with Gasteiger partial charge in [-0.1, -0.05) is 12.5 Å². The molecule has 2 atom stereocenters. The zero-order valence-electron chi connectivity index (χ0n) is 14.7. The van der Waals surface area contributed by atoms with Crippen LogP contribution in [0.15, 0.2) is 24.3 Å². The third-order valence-corrected chi connectivity index (χ3v) is 5.07. The Bertz CT molecular complexity index is 551. The van der Waals surface area contributed by atoms with Gasteiger partial charge in [0.2, 0.25) is 5.91 Å². The summed E-state index contributed by atoms with van der Waals surface area (Å²) in [6.07, 6.45) is 4.01. The Morgan fingerprint density at radius 2 is 1.88 bits per heavy atom. The maximum atomic E-state index is 12.7. The molecule has 1 aliphatic carbocycles. The number of piperazine rings is 1. The normalized spacial score (nSPS) is 23.3. The number of anilines is 1. The number of ether oxygens (including phenoxy) is 1. The summed E-state index contributed by atoms with van der Waals surface area (Å²) in [6.45, 7) is 3.33. The number of benzene rings is 1. The zero-order chi connectivity index (χ0) is 16.2. The molecular weight excluding hydrogens is 361 g/mol. The third-order valence-electron chi connectivity index (χ3n) is 5.07. The van der Waals surface area contributed by atoms with Gasteiger partial charge >= 0.3 is 0 Å². The second kappa shape index (κ2) is 10.1. The van der Waals surface area contributed by atoms with Gasteiger partial charge in [0.15, 0.2) is 0 Å². The second-order valence-corrected chi connectivity index (χ2v) is 6.64. The molecule has 0 radical (unpaired) electrons. The van der Waals surface area contributed by atoms with E-state index in [1.165, 1.54) is 0 Å². The highest BCUT2D eigenvalue weighted by Crippen LogP contribution is 2.26. The first kappa shape index (κ1) is 21.9. The van der Waals surface area contributed by atoms with Gasteiger partial charge in [0.05, 0.1) is 7.11 Å². The highest BCUT2D eigenvalue weighted by atomic mass is 35.5. The number of carbonyl (C=O) groups is 1. The molecule has 2 N–H and O–H groups in total. The molecule has 1 aromatic rings. The molecule has 142 valence electrons. The van der Waals surface area contributed by atoms with Crippen LogP contribution in [0.5, 0.6) is 5.75 Å². The van der Waals surface area contributed by atoms with E-state index >= 15 is 0 Å². The summed E-state index contributed by atoms with van der Waals surface area (Å²) in [4.78, 5) is 17.0. The van der Waals surface area contributed by atoms with E-state index < -0.39 is 0 Å². The Hall–Kier alpha value is -1.17. The maximum Gasteiger partial charge on any atom is 0.225 e. The standard InChI is InChI=1S/C18H27N3O2.2ClH/c1-23-17-7-3-6-16(13-17)20-8-10-21(11-9-20)18(22)14-4-2-5-15(19)12-14;;/h3,6-7,13-15H,2,4-5,8-12,19H2,1H3;2*1H. The minimum Gasteiger partial charge on any atom is -0.497 e. The molecule has 5 nitrogen and oxygen atoms in total. The van der Waals surface area contributed by atoms with Crippen molar-refractivity contribution in [3.8, 4) is 5.75 Å². The molecule has 7 heteroatoms. The predicted octanol–water partition coefficient (Wildman–Crippen LogP) is 2.70. The van der Waals surface area contributed by atoms with Crippen LogP contribution in [-0.2, 0) is 4.79 Å². The van der Waals surface area contributed by atoms with Gasteiger partial charge in [0.1, 0.15) is 5.75 Å². The van der Waals surface area contributed by atoms with Crippen molar-refractivity contribution in [2.45, 2.75) is 31.7 Å². The van der Waals surface area contributed by atoms with Gasteiger partial charge in [-0.2, -0.15) is 0 Å². The Morgan fingerprint density at radius 1 is 1.16 bits per heavy atom. The number of nitrogens with zero attached hydrogens (tertiary/aromatic N) is 2. The number of hydrogen-bond donors (Lipinski definition) is 1. The van der Waals surface area contributed by atoms with Crippen molar-refractivity contribution in [1.82, 2.24) is 4.90 Å². The van der Waals surface area contributed by atoms with E-state index in [0.29, 0.717) is 5.91 Å². The zero-order valence-corrected chi connectivity index (χ0v) is 16.4. The Labute approximate surface area is 162 Å². The Morgan fingerprint density at radius 3 is 2.52 bits per heavy atom. The number of methoxy groups -OCH3 is 1. The minimum atomic E-state index is 0. The summed E-state index contributed by atoms with van der Waals surface area (Å²) in [7, 11) is 1.69. The van der Waals surface area contributed by atoms with Crippen molar-refractivity contribution >= 4 is 36.4 Å². The monoisotopic (exact) mass is 389 g/mol. The molecule has 1 heterocycles. The molecule has 25 heavy (non-hydrogen) atoms. The summed E-state index contributed by atoms with van der Waals surface area (Å²) >= 11 is 0. The van der Waals surface area contributed by atoms with Crippen LogP contribution < -0.4 is 15.4 Å². The minimum absolute atomic E-state index is 0. The summed E-state index contributed by atoms with van der Waals surface area (Å²) in [5, 5.41) is 0. The first-order chi connectivity index (χ1) is 11.2. The Kier molecular flexibility index (Phi) is 8.83. The molecular formula is C18H29Cl2N3O2. The SMILES string of the molecule is COc1cccc(N2CCN(C(=O)C3CCCC(N)C3)CC2)c1.Cl.Cl. The second-order valence-electron chi connectivity index (χ2n) is 6.64. The van der Waals surface area contributed by atoms with Crippen LogP contribution in [0.4, 0.5) is 5.69 Å². The summed E-state index contributed by atoms with van der Waals surface area (Å²) in [5.74, 6) is 1.32. The average molecular weight is 390 g/mol. The van der Waals surface area contributed by atoms with Crippen molar-refractivity contribution in [3.63, 3.8) is 0 Å². The fourth-order valence-corrected chi connectivity index (χ4v) is 3.70. The lowest BCUT2D eigenvalue weighted by Crippen LogP contribution is -2.51. The van der Waals surface area contributed by atoms with E-state index in [2.05, 4.69) is 17.0 Å². The lowest BCUT2D eigenvalue weighted by molar-refractivity contribution is -0.137. The maximum absolute atomic E-state index is 12.7. The van der Waals surface area contributed by atoms with Gasteiger partial charge in [-0.25, -0.2) is 0 Å². The molecule has 1 amide bonds. The molecule has 0 bridgehead atoms. The predicted molar refractivity (Wildman–Crippen MR) is 106 cm³/mol. The smallest absolute Gasteiger partial charge is 0.225 e. The van der Waals surface area contributed by atoms with Gasteiger partial charge in [-0.05, 0) is 31.4 Å². The largest absolute Gasteiger partial charge is 0.497 e. The van der Waals surface area contributed by atoms with E-state index in [1.807, 2.05) is 17.0 Å². The number of carbonyl (C=O) groups excluding carboxylic acids is 1. The van der Waals surface area contributed by atoms with Gasteiger partial charge in [-0.3, -0.25) is 4.79 Å². The summed E-state index contributed by atoms with van der Waals surface area (Å²) in [5.41, 5.74) is 7.19. The molecule has 1 saturated carbocycles. The van der Waals surface area contributed by atoms with Crippen molar-refractivity contribution in [3.05, 3.63) is 24.3 Å². The van der Waals surface area contributed by atoms with Gasteiger partial charge in [-0.15, -0.1) is 24.8 Å². The molecule has 0 spiro atoms. The molecule has 3 rings (SSSR count). The lowest BCUT2D eigenvalue weighted by Gasteiger charge is -2.38. The van der Waals surface area contributed by atoms with Crippen LogP contribution in [-0.4, -0.2) is 50.1 Å². The molecule has 1 aromatic carbocycles. The number of hydrogen-bond acceptors (Lipinski definition) is 4. The lowest BCUT2D eigenvalue weighted by atomic mass is 9.85. The number of amides is 1. The first-order valence-electron chi connectivity index (χ1n) is 8.60. The highest BCUT2D eigenvalue weighted by molar-refractivity contribution is 5.85. The fraction of sp³-hybridized carbons (Fsp3) is 0.611. The molecule has 1 aliphatic heterocycles. The molecule has 2 fully saturated rings. The van der Waals surface area contributed by atoms with Gasteiger partial charge in [0.25, 0.3) is 0 Å². The number of rotatable bonds is 3. The van der Waals surface area contributed by atoms with Crippen LogP contribution in [0, 0.1) is 5.92 Å². The topological polar surface area (TPSA) is 58.8 Å². The molecule has 1 saturated heterocycles. The number of nitrogens with two attached hydrogens (primary N) is 1. The quantitative estimate of drug-likeness (QED) is 0.862. The van der Waals surface area contributed by atoms with E-state index in [9.17, 15) is 4.79 Å². The van der Waals surface area contributed by atoms with Gasteiger partial charge in [0, 0.05) is 49.9 Å². The van der Waals surface area contributed by atoms with Crippen molar-refractivity contribution in [1.29, 1.82) is 0 Å². The molecule has 0 aromatic heterocycles. The van der Waals surface area contributed by atoms with Crippen molar-refractivity contribution in [2.24, 2.45) is 11.7 Å². The van der Waals surface area contributed by atoms with Crippen molar-refractivity contribution < 1.29 is 9.53 Å². The Balaban J connectivity index is 0.00000156. The third kappa shape index (κ3) is 5.40. The van der Waals surface area contributed by atoms with Crippen LogP contribution >= 0.6 is 24.8 Å². The van der Waals surface area contributed by atoms with E-state index in [0.717, 1.165) is 63.3 Å².